The van der Waals surface area contributed by atoms with Crippen molar-refractivity contribution < 1.29 is 9.53 Å². The fraction of sp³-hybridized carbons (Fsp3) is 0.889. The summed E-state index contributed by atoms with van der Waals surface area (Å²) in [5.74, 6) is 0. The van der Waals surface area contributed by atoms with E-state index in [9.17, 15) is 4.79 Å². The zero-order valence-corrected chi connectivity index (χ0v) is 8.34. The van der Waals surface area contributed by atoms with Gasteiger partial charge in [-0.05, 0) is 19.4 Å². The lowest BCUT2D eigenvalue weighted by Gasteiger charge is -2.02. The Bertz CT molecular complexity index is 129. The summed E-state index contributed by atoms with van der Waals surface area (Å²) in [6.45, 7) is 1.48. The van der Waals surface area contributed by atoms with Crippen molar-refractivity contribution in [2.45, 2.75) is 32.1 Å². The SMILES string of the molecule is COC(=O)NCCCCCCCN. The predicted octanol–water partition coefficient (Wildman–Crippen LogP) is 1.25. The molecule has 0 heterocycles. The summed E-state index contributed by atoms with van der Waals surface area (Å²) < 4.78 is 4.43. The molecule has 0 radical (unpaired) electrons. The summed E-state index contributed by atoms with van der Waals surface area (Å²) in [7, 11) is 1.37. The molecule has 0 unspecified atom stereocenters. The van der Waals surface area contributed by atoms with Crippen LogP contribution in [0.25, 0.3) is 0 Å². The van der Waals surface area contributed by atoms with E-state index in [0.717, 1.165) is 25.8 Å². The molecule has 0 aliphatic heterocycles. The fourth-order valence-electron chi connectivity index (χ4n) is 1.06. The van der Waals surface area contributed by atoms with Crippen LogP contribution >= 0.6 is 0 Å². The Labute approximate surface area is 79.8 Å². The summed E-state index contributed by atoms with van der Waals surface area (Å²) in [5.41, 5.74) is 5.35. The van der Waals surface area contributed by atoms with Crippen LogP contribution in [-0.4, -0.2) is 26.3 Å². The molecule has 78 valence electrons. The number of unbranched alkanes of at least 4 members (excludes halogenated alkanes) is 4. The molecule has 13 heavy (non-hydrogen) atoms. The van der Waals surface area contributed by atoms with E-state index in [0.29, 0.717) is 6.54 Å². The zero-order valence-electron chi connectivity index (χ0n) is 8.34. The molecule has 0 aromatic carbocycles. The molecule has 0 bridgehead atoms. The number of carbonyl (C=O) groups excluding carboxylic acids is 1. The largest absolute Gasteiger partial charge is 0.453 e. The Morgan fingerprint density at radius 2 is 1.85 bits per heavy atom. The molecule has 0 aliphatic rings. The van der Waals surface area contributed by atoms with Gasteiger partial charge in [0.25, 0.3) is 0 Å². The highest BCUT2D eigenvalue weighted by atomic mass is 16.5. The fourth-order valence-corrected chi connectivity index (χ4v) is 1.06. The second kappa shape index (κ2) is 9.32. The standard InChI is InChI=1S/C9H20N2O2/c1-13-9(12)11-8-6-4-2-3-5-7-10/h2-8,10H2,1H3,(H,11,12). The molecule has 3 N–H and O–H groups in total. The van der Waals surface area contributed by atoms with Gasteiger partial charge in [-0.2, -0.15) is 0 Å². The third-order valence-electron chi connectivity index (χ3n) is 1.84. The summed E-state index contributed by atoms with van der Waals surface area (Å²) in [5, 5.41) is 2.64. The first-order valence-electron chi connectivity index (χ1n) is 4.83. The van der Waals surface area contributed by atoms with E-state index in [1.165, 1.54) is 20.0 Å². The second-order valence-corrected chi connectivity index (χ2v) is 2.97. The highest BCUT2D eigenvalue weighted by Crippen LogP contribution is 2.00. The van der Waals surface area contributed by atoms with Gasteiger partial charge < -0.3 is 15.8 Å². The molecule has 4 nitrogen and oxygen atoms in total. The van der Waals surface area contributed by atoms with Gasteiger partial charge >= 0.3 is 6.09 Å². The zero-order chi connectivity index (χ0) is 9.94. The first-order chi connectivity index (χ1) is 6.31. The van der Waals surface area contributed by atoms with Crippen molar-refractivity contribution in [3.05, 3.63) is 0 Å². The van der Waals surface area contributed by atoms with Crippen LogP contribution < -0.4 is 11.1 Å². The third kappa shape index (κ3) is 9.14. The summed E-state index contributed by atoms with van der Waals surface area (Å²) in [6.07, 6.45) is 5.30. The van der Waals surface area contributed by atoms with Crippen molar-refractivity contribution in [2.75, 3.05) is 20.2 Å². The Kier molecular flexibility index (Phi) is 8.77. The molecule has 0 aliphatic carbocycles. The number of rotatable bonds is 7. The molecular weight excluding hydrogens is 168 g/mol. The van der Waals surface area contributed by atoms with Gasteiger partial charge in [-0.3, -0.25) is 0 Å². The lowest BCUT2D eigenvalue weighted by atomic mass is 10.1. The molecule has 0 saturated heterocycles. The lowest BCUT2D eigenvalue weighted by Crippen LogP contribution is -2.23. The number of hydrogen-bond donors (Lipinski definition) is 2. The van der Waals surface area contributed by atoms with E-state index >= 15 is 0 Å². The minimum Gasteiger partial charge on any atom is -0.453 e. The van der Waals surface area contributed by atoms with Gasteiger partial charge in [-0.15, -0.1) is 0 Å². The summed E-state index contributed by atoms with van der Waals surface area (Å²) in [4.78, 5) is 10.6. The number of amides is 1. The summed E-state index contributed by atoms with van der Waals surface area (Å²) >= 11 is 0. The Morgan fingerprint density at radius 1 is 1.23 bits per heavy atom. The molecular formula is C9H20N2O2. The van der Waals surface area contributed by atoms with Crippen LogP contribution in [0.4, 0.5) is 4.79 Å². The van der Waals surface area contributed by atoms with E-state index in [2.05, 4.69) is 10.1 Å². The van der Waals surface area contributed by atoms with Crippen LogP contribution in [0.5, 0.6) is 0 Å². The van der Waals surface area contributed by atoms with Crippen molar-refractivity contribution in [2.24, 2.45) is 5.73 Å². The van der Waals surface area contributed by atoms with Gasteiger partial charge in [-0.1, -0.05) is 19.3 Å². The van der Waals surface area contributed by atoms with Crippen LogP contribution in [0.15, 0.2) is 0 Å². The maximum atomic E-state index is 10.6. The van der Waals surface area contributed by atoms with Gasteiger partial charge in [0.2, 0.25) is 0 Å². The molecule has 0 fully saturated rings. The number of nitrogens with one attached hydrogen (secondary N) is 1. The van der Waals surface area contributed by atoms with Crippen molar-refractivity contribution >= 4 is 6.09 Å². The van der Waals surface area contributed by atoms with Crippen LogP contribution in [-0.2, 0) is 4.74 Å². The van der Waals surface area contributed by atoms with E-state index in [1.807, 2.05) is 0 Å². The topological polar surface area (TPSA) is 64.3 Å². The molecule has 1 amide bonds. The lowest BCUT2D eigenvalue weighted by molar-refractivity contribution is 0.171. The Balaban J connectivity index is 2.95. The molecule has 0 saturated carbocycles. The molecule has 0 rings (SSSR count). The van der Waals surface area contributed by atoms with Gasteiger partial charge in [0.05, 0.1) is 7.11 Å². The molecule has 0 aromatic rings. The number of hydrogen-bond acceptors (Lipinski definition) is 3. The number of methoxy groups -OCH3 is 1. The first-order valence-corrected chi connectivity index (χ1v) is 4.83. The molecule has 0 spiro atoms. The van der Waals surface area contributed by atoms with Crippen molar-refractivity contribution in [1.29, 1.82) is 0 Å². The van der Waals surface area contributed by atoms with E-state index in [-0.39, 0.29) is 6.09 Å². The van der Waals surface area contributed by atoms with Crippen molar-refractivity contribution in [3.63, 3.8) is 0 Å². The van der Waals surface area contributed by atoms with Gasteiger partial charge in [0, 0.05) is 6.54 Å². The predicted molar refractivity (Wildman–Crippen MR) is 52.5 cm³/mol. The number of nitrogens with two attached hydrogens (primary N) is 1. The maximum absolute atomic E-state index is 10.6. The van der Waals surface area contributed by atoms with Crippen LogP contribution in [0.2, 0.25) is 0 Å². The average molecular weight is 188 g/mol. The van der Waals surface area contributed by atoms with E-state index < -0.39 is 0 Å². The van der Waals surface area contributed by atoms with Gasteiger partial charge in [0.1, 0.15) is 0 Å². The molecule has 4 heteroatoms. The van der Waals surface area contributed by atoms with E-state index in [1.54, 1.807) is 0 Å². The van der Waals surface area contributed by atoms with Gasteiger partial charge in [0.15, 0.2) is 0 Å². The smallest absolute Gasteiger partial charge is 0.406 e. The quantitative estimate of drug-likeness (QED) is 0.591. The number of alkyl carbamates (subject to hydrolysis) is 1. The number of ether oxygens (including phenoxy) is 1. The van der Waals surface area contributed by atoms with Crippen LogP contribution in [0.3, 0.4) is 0 Å². The van der Waals surface area contributed by atoms with Crippen molar-refractivity contribution in [1.82, 2.24) is 5.32 Å². The van der Waals surface area contributed by atoms with Crippen LogP contribution in [0.1, 0.15) is 32.1 Å². The monoisotopic (exact) mass is 188 g/mol. The molecule has 0 aromatic heterocycles. The first kappa shape index (κ1) is 12.2. The third-order valence-corrected chi connectivity index (χ3v) is 1.84. The van der Waals surface area contributed by atoms with Gasteiger partial charge in [-0.25, -0.2) is 4.79 Å². The number of carbonyl (C=O) groups is 1. The minimum absolute atomic E-state index is 0.345. The minimum atomic E-state index is -0.345. The summed E-state index contributed by atoms with van der Waals surface area (Å²) in [6, 6.07) is 0. The Hall–Kier alpha value is -0.770. The highest BCUT2D eigenvalue weighted by molar-refractivity contribution is 5.66. The average Bonchev–Trinajstić information content (AvgIpc) is 2.16. The maximum Gasteiger partial charge on any atom is 0.406 e. The van der Waals surface area contributed by atoms with E-state index in [4.69, 9.17) is 5.73 Å². The van der Waals surface area contributed by atoms with Crippen molar-refractivity contribution in [3.8, 4) is 0 Å². The molecule has 0 atom stereocenters. The second-order valence-electron chi connectivity index (χ2n) is 2.97. The normalized spacial score (nSPS) is 9.69. The highest BCUT2D eigenvalue weighted by Gasteiger charge is 1.95. The Morgan fingerprint density at radius 3 is 2.46 bits per heavy atom. The van der Waals surface area contributed by atoms with Crippen LogP contribution in [0, 0.1) is 0 Å².